The summed E-state index contributed by atoms with van der Waals surface area (Å²) in [5.41, 5.74) is 6.60. The Hall–Kier alpha value is -1.26. The highest BCUT2D eigenvalue weighted by molar-refractivity contribution is 6.31. The molecule has 1 unspecified atom stereocenters. The van der Waals surface area contributed by atoms with Gasteiger partial charge in [-0.2, -0.15) is 0 Å². The van der Waals surface area contributed by atoms with Crippen LogP contribution in [0.3, 0.4) is 0 Å². The summed E-state index contributed by atoms with van der Waals surface area (Å²) in [6.07, 6.45) is 0.111. The molecule has 0 saturated heterocycles. The number of rotatable bonds is 5. The van der Waals surface area contributed by atoms with Crippen molar-refractivity contribution < 1.29 is 14.3 Å². The molecule has 1 atom stereocenters. The third-order valence-corrected chi connectivity index (χ3v) is 2.63. The summed E-state index contributed by atoms with van der Waals surface area (Å²) in [5.74, 6) is 0.328. The second-order valence-electron chi connectivity index (χ2n) is 3.50. The Labute approximate surface area is 106 Å². The molecule has 0 fully saturated rings. The first kappa shape index (κ1) is 13.8. The lowest BCUT2D eigenvalue weighted by Gasteiger charge is -2.13. The maximum Gasteiger partial charge on any atom is 0.307 e. The van der Waals surface area contributed by atoms with Crippen LogP contribution in [-0.4, -0.2) is 19.7 Å². The van der Waals surface area contributed by atoms with Crippen LogP contribution >= 0.6 is 11.6 Å². The van der Waals surface area contributed by atoms with Crippen LogP contribution in [-0.2, 0) is 9.53 Å². The minimum Gasteiger partial charge on any atom is -0.497 e. The van der Waals surface area contributed by atoms with E-state index in [0.29, 0.717) is 22.9 Å². The fourth-order valence-electron chi connectivity index (χ4n) is 1.44. The fraction of sp³-hybridized carbons (Fsp3) is 0.417. The van der Waals surface area contributed by atoms with E-state index in [4.69, 9.17) is 26.8 Å². The van der Waals surface area contributed by atoms with Gasteiger partial charge in [0.1, 0.15) is 5.75 Å². The van der Waals surface area contributed by atoms with Crippen LogP contribution in [0.5, 0.6) is 5.75 Å². The number of nitrogens with two attached hydrogens (primary N) is 1. The molecule has 1 rings (SSSR count). The Balaban J connectivity index is 2.75. The Bertz CT molecular complexity index is 395. The quantitative estimate of drug-likeness (QED) is 0.823. The van der Waals surface area contributed by atoms with E-state index in [1.54, 1.807) is 32.2 Å². The van der Waals surface area contributed by atoms with Crippen LogP contribution in [0.4, 0.5) is 0 Å². The monoisotopic (exact) mass is 257 g/mol. The van der Waals surface area contributed by atoms with Crippen molar-refractivity contribution in [2.24, 2.45) is 5.73 Å². The van der Waals surface area contributed by atoms with Crippen molar-refractivity contribution in [1.29, 1.82) is 0 Å². The average Bonchev–Trinajstić information content (AvgIpc) is 2.28. The number of hydrogen-bond acceptors (Lipinski definition) is 4. The molecule has 0 aliphatic rings. The van der Waals surface area contributed by atoms with Gasteiger partial charge in [0.2, 0.25) is 0 Å². The summed E-state index contributed by atoms with van der Waals surface area (Å²) in [6.45, 7) is 2.10. The summed E-state index contributed by atoms with van der Waals surface area (Å²) in [5, 5.41) is 0.487. The summed E-state index contributed by atoms with van der Waals surface area (Å²) < 4.78 is 9.86. The molecule has 1 aromatic rings. The molecule has 0 aromatic heterocycles. The highest BCUT2D eigenvalue weighted by Gasteiger charge is 2.15. The van der Waals surface area contributed by atoms with Gasteiger partial charge in [0.15, 0.2) is 0 Å². The van der Waals surface area contributed by atoms with Crippen LogP contribution in [0.15, 0.2) is 18.2 Å². The van der Waals surface area contributed by atoms with Gasteiger partial charge in [0.25, 0.3) is 0 Å². The van der Waals surface area contributed by atoms with Gasteiger partial charge in [-0.05, 0) is 24.6 Å². The van der Waals surface area contributed by atoms with E-state index in [1.807, 2.05) is 0 Å². The molecule has 0 aliphatic carbocycles. The third kappa shape index (κ3) is 3.91. The first-order valence-electron chi connectivity index (χ1n) is 5.33. The number of esters is 1. The standard InChI is InChI=1S/C12H16ClNO3/c1-3-17-12(15)7-11(14)9-5-4-8(16-2)6-10(9)13/h4-6,11H,3,7,14H2,1-2H3. The first-order valence-corrected chi connectivity index (χ1v) is 5.71. The highest BCUT2D eigenvalue weighted by atomic mass is 35.5. The molecule has 2 N–H and O–H groups in total. The largest absolute Gasteiger partial charge is 0.497 e. The zero-order valence-corrected chi connectivity index (χ0v) is 10.7. The molecule has 0 heterocycles. The van der Waals surface area contributed by atoms with Crippen LogP contribution < -0.4 is 10.5 Å². The second kappa shape index (κ2) is 6.47. The van der Waals surface area contributed by atoms with Gasteiger partial charge in [-0.1, -0.05) is 17.7 Å². The van der Waals surface area contributed by atoms with Gasteiger partial charge in [0, 0.05) is 11.1 Å². The number of benzene rings is 1. The van der Waals surface area contributed by atoms with E-state index in [2.05, 4.69) is 0 Å². The number of ether oxygens (including phenoxy) is 2. The van der Waals surface area contributed by atoms with Gasteiger partial charge in [0.05, 0.1) is 20.1 Å². The van der Waals surface area contributed by atoms with Gasteiger partial charge >= 0.3 is 5.97 Å². The Morgan fingerprint density at radius 2 is 2.24 bits per heavy atom. The van der Waals surface area contributed by atoms with Crippen LogP contribution in [0.25, 0.3) is 0 Å². The van der Waals surface area contributed by atoms with Crippen LogP contribution in [0.2, 0.25) is 5.02 Å². The molecule has 0 spiro atoms. The SMILES string of the molecule is CCOC(=O)CC(N)c1ccc(OC)cc1Cl. The predicted molar refractivity (Wildman–Crippen MR) is 66.2 cm³/mol. The Morgan fingerprint density at radius 1 is 1.53 bits per heavy atom. The van der Waals surface area contributed by atoms with Crippen molar-refractivity contribution in [3.8, 4) is 5.75 Å². The third-order valence-electron chi connectivity index (χ3n) is 2.30. The summed E-state index contributed by atoms with van der Waals surface area (Å²) in [7, 11) is 1.56. The van der Waals surface area contributed by atoms with Crippen molar-refractivity contribution >= 4 is 17.6 Å². The van der Waals surface area contributed by atoms with E-state index < -0.39 is 6.04 Å². The number of carbonyl (C=O) groups is 1. The average molecular weight is 258 g/mol. The fourth-order valence-corrected chi connectivity index (χ4v) is 1.76. The van der Waals surface area contributed by atoms with Crippen molar-refractivity contribution in [3.63, 3.8) is 0 Å². The van der Waals surface area contributed by atoms with E-state index >= 15 is 0 Å². The summed E-state index contributed by atoms with van der Waals surface area (Å²) in [6, 6.07) is 4.71. The van der Waals surface area contributed by atoms with E-state index in [-0.39, 0.29) is 12.4 Å². The lowest BCUT2D eigenvalue weighted by Crippen LogP contribution is -2.17. The molecule has 0 radical (unpaired) electrons. The second-order valence-corrected chi connectivity index (χ2v) is 3.91. The molecular formula is C12H16ClNO3. The van der Waals surface area contributed by atoms with E-state index in [0.717, 1.165) is 0 Å². The summed E-state index contributed by atoms with van der Waals surface area (Å²) in [4.78, 5) is 11.3. The lowest BCUT2D eigenvalue weighted by molar-refractivity contribution is -0.143. The van der Waals surface area contributed by atoms with Gasteiger partial charge in [-0.3, -0.25) is 4.79 Å². The van der Waals surface area contributed by atoms with Crippen molar-refractivity contribution in [2.75, 3.05) is 13.7 Å². The molecule has 17 heavy (non-hydrogen) atoms. The van der Waals surface area contributed by atoms with Crippen molar-refractivity contribution in [1.82, 2.24) is 0 Å². The molecule has 1 aromatic carbocycles. The Morgan fingerprint density at radius 3 is 2.76 bits per heavy atom. The molecule has 0 aliphatic heterocycles. The predicted octanol–water partition coefficient (Wildman–Crippen LogP) is 2.30. The zero-order chi connectivity index (χ0) is 12.8. The number of carbonyl (C=O) groups excluding carboxylic acids is 1. The number of halogens is 1. The molecule has 5 heteroatoms. The maximum absolute atomic E-state index is 11.3. The van der Waals surface area contributed by atoms with Crippen molar-refractivity contribution in [3.05, 3.63) is 28.8 Å². The minimum atomic E-state index is -0.465. The van der Waals surface area contributed by atoms with E-state index in [1.165, 1.54) is 0 Å². The van der Waals surface area contributed by atoms with Gasteiger partial charge in [-0.25, -0.2) is 0 Å². The number of hydrogen-bond donors (Lipinski definition) is 1. The zero-order valence-electron chi connectivity index (χ0n) is 9.90. The topological polar surface area (TPSA) is 61.5 Å². The first-order chi connectivity index (χ1) is 8.08. The van der Waals surface area contributed by atoms with Crippen LogP contribution in [0.1, 0.15) is 24.9 Å². The molecule has 0 saturated carbocycles. The maximum atomic E-state index is 11.3. The molecular weight excluding hydrogens is 242 g/mol. The normalized spacial score (nSPS) is 12.0. The molecule has 94 valence electrons. The summed E-state index contributed by atoms with van der Waals surface area (Å²) >= 11 is 6.05. The molecule has 0 bridgehead atoms. The van der Waals surface area contributed by atoms with Gasteiger partial charge in [-0.15, -0.1) is 0 Å². The number of methoxy groups -OCH3 is 1. The lowest BCUT2D eigenvalue weighted by atomic mass is 10.0. The van der Waals surface area contributed by atoms with Crippen LogP contribution in [0, 0.1) is 0 Å². The highest BCUT2D eigenvalue weighted by Crippen LogP contribution is 2.27. The van der Waals surface area contributed by atoms with Gasteiger partial charge < -0.3 is 15.2 Å². The molecule has 0 amide bonds. The minimum absolute atomic E-state index is 0.111. The smallest absolute Gasteiger partial charge is 0.307 e. The van der Waals surface area contributed by atoms with Crippen molar-refractivity contribution in [2.45, 2.75) is 19.4 Å². The molecule has 4 nitrogen and oxygen atoms in total. The van der Waals surface area contributed by atoms with E-state index in [9.17, 15) is 4.79 Å². The Kier molecular flexibility index (Phi) is 5.25.